The molecule has 0 N–H and O–H groups in total. The third kappa shape index (κ3) is 8.06. The largest absolute Gasteiger partial charge is 0.456 e. The van der Waals surface area contributed by atoms with Crippen molar-refractivity contribution in [2.45, 2.75) is 0 Å². The molecule has 0 spiro atoms. The Kier molecular flexibility index (Phi) is 8.11. The van der Waals surface area contributed by atoms with Crippen LogP contribution in [-0.4, -0.2) is 0 Å². The first-order valence-electron chi connectivity index (χ1n) is 44.1. The second-order valence-corrected chi connectivity index (χ2v) is 26.3. The summed E-state index contributed by atoms with van der Waals surface area (Å²) in [6.07, 6.45) is 0. The summed E-state index contributed by atoms with van der Waals surface area (Å²) in [5.74, 6) is 0. The Morgan fingerprint density at radius 3 is 1.12 bits per heavy atom. The van der Waals surface area contributed by atoms with Crippen LogP contribution in [0, 0.1) is 0 Å². The predicted molar refractivity (Wildman–Crippen MR) is 435 cm³/mol. The quantitative estimate of drug-likeness (QED) is 0.155. The van der Waals surface area contributed by atoms with E-state index in [0.717, 1.165) is 86.9 Å². The van der Waals surface area contributed by atoms with Gasteiger partial charge in [-0.15, -0.1) is 0 Å². The van der Waals surface area contributed by atoms with Gasteiger partial charge in [0.25, 0.3) is 0 Å². The van der Waals surface area contributed by atoms with Crippen LogP contribution in [0.5, 0.6) is 0 Å². The molecule has 0 aliphatic rings. The number of furan rings is 2. The molecule has 2 heteroatoms. The van der Waals surface area contributed by atoms with Gasteiger partial charge in [0.05, 0.1) is 28.8 Å². The van der Waals surface area contributed by atoms with Crippen molar-refractivity contribution >= 4 is 173 Å². The van der Waals surface area contributed by atoms with Gasteiger partial charge in [-0.05, 0) is 245 Å². The van der Waals surface area contributed by atoms with E-state index in [9.17, 15) is 15.1 Å². The van der Waals surface area contributed by atoms with Crippen LogP contribution >= 0.6 is 0 Å². The zero-order chi connectivity index (χ0) is 84.7. The molecule has 0 unspecified atom stereocenters. The van der Waals surface area contributed by atoms with Crippen molar-refractivity contribution in [3.05, 3.63) is 339 Å². The van der Waals surface area contributed by atoms with Crippen LogP contribution in [0.25, 0.3) is 240 Å². The highest BCUT2D eigenvalue weighted by Gasteiger charge is 2.23. The third-order valence-electron chi connectivity index (χ3n) is 21.0. The van der Waals surface area contributed by atoms with E-state index in [0.29, 0.717) is 44.6 Å². The maximum absolute atomic E-state index is 10.2. The first-order chi connectivity index (χ1) is 59.3. The van der Waals surface area contributed by atoms with Crippen molar-refractivity contribution in [1.29, 1.82) is 0 Å². The molecule has 468 valence electrons. The van der Waals surface area contributed by atoms with Gasteiger partial charge in [0.15, 0.2) is 0 Å². The summed E-state index contributed by atoms with van der Waals surface area (Å²) in [6, 6.07) is 60.6. The summed E-state index contributed by atoms with van der Waals surface area (Å²) < 4.78 is 207. The summed E-state index contributed by atoms with van der Waals surface area (Å²) in [5.41, 5.74) is 7.58. The molecule has 0 amide bonds. The SMILES string of the molecule is [2H]c1c([2H])c(-c2ccc3c(c2)oc2ccccc23)c(-c2ccc3ccc4cccc5ccc2c3c45)c([2H])c1-c1ccc2ccc3cccc4ccc1c2c34.[2H]c1c([2H])c2c([2H])c([2H])c3c([2H])c([2H])c(-c4ccc(-c5ccc6c(c5)oc5ccccc56)c(-c5c([2H])c([2H])c6c([2H])c([2H])c7c([2H])c([2H])c([2H])c8c([2H])c([2H])c5c6c78)c4)c4c([2H])c([2H])c(c1[2H])c2c34. The molecule has 0 aliphatic carbocycles. The van der Waals surface area contributed by atoms with E-state index in [2.05, 4.69) is 109 Å². The van der Waals surface area contributed by atoms with Crippen LogP contribution in [0.15, 0.2) is 348 Å². The van der Waals surface area contributed by atoms with Crippen molar-refractivity contribution in [2.24, 2.45) is 0 Å². The molecule has 0 aliphatic heterocycles. The van der Waals surface area contributed by atoms with Gasteiger partial charge in [0, 0.05) is 21.5 Å². The van der Waals surface area contributed by atoms with Crippen molar-refractivity contribution in [3.63, 3.8) is 0 Å². The minimum atomic E-state index is -0.613. The average molecular weight is 1310 g/mol. The summed E-state index contributed by atoms with van der Waals surface area (Å²) in [5, 5.41) is 15.5. The van der Waals surface area contributed by atoms with Gasteiger partial charge in [-0.25, -0.2) is 0 Å². The second kappa shape index (κ2) is 21.1. The Bertz CT molecular complexity index is 8900. The minimum absolute atomic E-state index is 0.0223. The first kappa shape index (κ1) is 39.3. The maximum atomic E-state index is 10.2. The second-order valence-electron chi connectivity index (χ2n) is 26.3. The van der Waals surface area contributed by atoms with E-state index in [1.165, 1.54) is 27.6 Å². The number of hydrogen-bond donors (Lipinski definition) is 0. The van der Waals surface area contributed by atoms with E-state index >= 15 is 0 Å². The fraction of sp³-hybridized carbons (Fsp3) is 0. The minimum Gasteiger partial charge on any atom is -0.456 e. The number of hydrogen-bond acceptors (Lipinski definition) is 2. The summed E-state index contributed by atoms with van der Waals surface area (Å²) in [6.45, 7) is 0. The topological polar surface area (TPSA) is 26.3 Å². The lowest BCUT2D eigenvalue weighted by Gasteiger charge is -2.19. The van der Waals surface area contributed by atoms with Gasteiger partial charge in [-0.1, -0.05) is 291 Å². The van der Waals surface area contributed by atoms with Crippen LogP contribution in [0.1, 0.15) is 28.8 Å². The average Bonchev–Trinajstić information content (AvgIpc) is 1.59. The van der Waals surface area contributed by atoms with E-state index in [1.54, 1.807) is 24.3 Å². The first-order valence-corrected chi connectivity index (χ1v) is 33.6. The summed E-state index contributed by atoms with van der Waals surface area (Å²) >= 11 is 0. The normalized spacial score (nSPS) is 15.2. The Hall–Kier alpha value is -13.4. The molecule has 24 aromatic rings. The van der Waals surface area contributed by atoms with Gasteiger partial charge in [-0.2, -0.15) is 0 Å². The van der Waals surface area contributed by atoms with Crippen LogP contribution in [0.3, 0.4) is 0 Å². The van der Waals surface area contributed by atoms with E-state index in [4.69, 9.17) is 22.5 Å². The molecule has 24 rings (SSSR count). The fourth-order valence-electron chi connectivity index (χ4n) is 16.3. The van der Waals surface area contributed by atoms with Crippen molar-refractivity contribution < 1.29 is 37.6 Å². The number of para-hydroxylation sites is 2. The fourth-order valence-corrected chi connectivity index (χ4v) is 16.3. The van der Waals surface area contributed by atoms with Gasteiger partial charge in [0.2, 0.25) is 0 Å². The lowest BCUT2D eigenvalue weighted by molar-refractivity contribution is 0.668. The van der Waals surface area contributed by atoms with Gasteiger partial charge < -0.3 is 8.83 Å². The predicted octanol–water partition coefficient (Wildman–Crippen LogP) is 28.8. The molecule has 2 nitrogen and oxygen atoms in total. The molecule has 2 aromatic heterocycles. The molecule has 22 aromatic carbocycles. The van der Waals surface area contributed by atoms with Gasteiger partial charge in [-0.3, -0.25) is 0 Å². The molecular weight excluding hydrogens is 1230 g/mol. The molecule has 0 radical (unpaired) electrons. The van der Waals surface area contributed by atoms with E-state index in [-0.39, 0.29) is 105 Å². The highest BCUT2D eigenvalue weighted by molar-refractivity contribution is 6.30. The Balaban J connectivity index is 0.000000146. The summed E-state index contributed by atoms with van der Waals surface area (Å²) in [7, 11) is 0. The number of benzene rings is 22. The van der Waals surface area contributed by atoms with Gasteiger partial charge >= 0.3 is 0 Å². The standard InChI is InChI=1S/2C50H28O/c2*1-2-10-45-40(9-1)41-24-20-36(28-46(41)51-45)38-22-19-35(37-21-15-33-13-11-29-5-3-7-31-17-25-42(37)49(33)47(29)31)27-44(38)39-23-16-34-14-12-30-6-4-8-32-18-26-43(39)50(34)48(30)32/h2*1-28H/i3D,4D,5D,6D,7D,8D,11D,12D,13D,14D,15D,16D,17D,18D,21D,23D,25D,26D;19D,22D,27D. The van der Waals surface area contributed by atoms with Crippen molar-refractivity contribution in [2.75, 3.05) is 0 Å². The Morgan fingerprint density at radius 1 is 0.176 bits per heavy atom. The number of rotatable bonds is 6. The lowest BCUT2D eigenvalue weighted by Crippen LogP contribution is -1.92. The molecule has 0 bridgehead atoms. The smallest absolute Gasteiger partial charge is 0.136 e. The lowest BCUT2D eigenvalue weighted by atomic mass is 9.85. The Morgan fingerprint density at radius 2 is 0.549 bits per heavy atom. The molecule has 0 fully saturated rings. The van der Waals surface area contributed by atoms with E-state index < -0.39 is 109 Å². The van der Waals surface area contributed by atoms with Crippen LogP contribution in [0.2, 0.25) is 0 Å². The molecule has 102 heavy (non-hydrogen) atoms. The van der Waals surface area contributed by atoms with Crippen molar-refractivity contribution in [3.8, 4) is 66.8 Å². The maximum Gasteiger partial charge on any atom is 0.136 e. The van der Waals surface area contributed by atoms with Crippen molar-refractivity contribution in [1.82, 2.24) is 0 Å². The highest BCUT2D eigenvalue weighted by atomic mass is 16.3. The van der Waals surface area contributed by atoms with Crippen LogP contribution < -0.4 is 0 Å². The zero-order valence-corrected chi connectivity index (χ0v) is 53.5. The molecule has 0 saturated heterocycles. The number of fused-ring (bicyclic) bond motifs is 6. The Labute approximate surface area is 614 Å². The molecule has 0 saturated carbocycles. The van der Waals surface area contributed by atoms with Crippen LogP contribution in [-0.2, 0) is 0 Å². The zero-order valence-electron chi connectivity index (χ0n) is 74.5. The summed E-state index contributed by atoms with van der Waals surface area (Å²) in [4.78, 5) is 0. The monoisotopic (exact) mass is 1310 g/mol. The van der Waals surface area contributed by atoms with Crippen LogP contribution in [0.4, 0.5) is 0 Å². The highest BCUT2D eigenvalue weighted by Crippen LogP contribution is 2.50. The van der Waals surface area contributed by atoms with Gasteiger partial charge in [0.1, 0.15) is 22.3 Å². The van der Waals surface area contributed by atoms with E-state index in [1.807, 2.05) is 72.8 Å². The molecular formula is C100H56O2. The third-order valence-corrected chi connectivity index (χ3v) is 21.0. The molecule has 2 heterocycles. The molecule has 0 atom stereocenters.